The molecular formula is C58H34N4O. The fourth-order valence-corrected chi connectivity index (χ4v) is 10.8. The number of para-hydroxylation sites is 1. The van der Waals surface area contributed by atoms with E-state index in [-0.39, 0.29) is 0 Å². The van der Waals surface area contributed by atoms with Crippen molar-refractivity contribution in [3.8, 4) is 62.1 Å². The summed E-state index contributed by atoms with van der Waals surface area (Å²) in [5, 5.41) is 4.48. The lowest BCUT2D eigenvalue weighted by Gasteiger charge is -2.30. The smallest absolute Gasteiger partial charge is 0.238 e. The number of fused-ring (bicyclic) bond motifs is 16. The number of benzene rings is 9. The monoisotopic (exact) mass is 802 g/mol. The molecule has 5 heteroatoms. The zero-order valence-electron chi connectivity index (χ0n) is 33.8. The van der Waals surface area contributed by atoms with Gasteiger partial charge in [0.15, 0.2) is 11.6 Å². The molecule has 0 unspecified atom stereocenters. The molecule has 0 saturated heterocycles. The lowest BCUT2D eigenvalue weighted by atomic mass is 9.70. The van der Waals surface area contributed by atoms with Gasteiger partial charge in [0.25, 0.3) is 0 Å². The van der Waals surface area contributed by atoms with Crippen molar-refractivity contribution in [3.05, 3.63) is 229 Å². The summed E-state index contributed by atoms with van der Waals surface area (Å²) >= 11 is 0. The van der Waals surface area contributed by atoms with Gasteiger partial charge in [-0.3, -0.25) is 4.57 Å². The molecule has 2 aliphatic carbocycles. The zero-order valence-corrected chi connectivity index (χ0v) is 33.8. The molecule has 5 nitrogen and oxygen atoms in total. The number of aromatic nitrogens is 4. The Hall–Kier alpha value is -8.41. The normalized spacial score (nSPS) is 13.2. The van der Waals surface area contributed by atoms with Crippen LogP contribution in [0.2, 0.25) is 0 Å². The van der Waals surface area contributed by atoms with E-state index in [0.717, 1.165) is 66.0 Å². The van der Waals surface area contributed by atoms with Gasteiger partial charge in [0.05, 0.1) is 16.4 Å². The molecule has 2 aliphatic rings. The fraction of sp³-hybridized carbons (Fsp3) is 0.0172. The summed E-state index contributed by atoms with van der Waals surface area (Å²) < 4.78 is 9.08. The highest BCUT2D eigenvalue weighted by Crippen LogP contribution is 2.63. The van der Waals surface area contributed by atoms with Crippen molar-refractivity contribution in [2.45, 2.75) is 5.41 Å². The van der Waals surface area contributed by atoms with Crippen LogP contribution in [0.15, 0.2) is 211 Å². The summed E-state index contributed by atoms with van der Waals surface area (Å²) in [4.78, 5) is 15.2. The van der Waals surface area contributed by atoms with Crippen molar-refractivity contribution in [1.82, 2.24) is 19.5 Å². The summed E-state index contributed by atoms with van der Waals surface area (Å²) in [7, 11) is 0. The van der Waals surface area contributed by atoms with Crippen LogP contribution in [-0.4, -0.2) is 19.5 Å². The highest BCUT2D eigenvalue weighted by molar-refractivity contribution is 6.12. The van der Waals surface area contributed by atoms with Crippen LogP contribution < -0.4 is 0 Å². The molecule has 3 heterocycles. The van der Waals surface area contributed by atoms with E-state index < -0.39 is 5.41 Å². The number of hydrogen-bond acceptors (Lipinski definition) is 4. The molecule has 1 spiro atoms. The molecule has 0 bridgehead atoms. The average molecular weight is 803 g/mol. The largest absolute Gasteiger partial charge is 0.456 e. The number of furan rings is 1. The SMILES string of the molecule is c1ccc(-c2nc(-c3ccccc3)nc(-n3c4ccccc4c4cc(-c5ccc6c(c5)oc5cc7c(cc56)-c5ccccc5C75c6ccccc6-c6ccccc65)ccc43)n2)cc1. The van der Waals surface area contributed by atoms with E-state index >= 15 is 0 Å². The number of nitrogens with zero attached hydrogens (tertiary/aromatic N) is 4. The van der Waals surface area contributed by atoms with Crippen molar-refractivity contribution in [2.24, 2.45) is 0 Å². The minimum atomic E-state index is -0.417. The van der Waals surface area contributed by atoms with Crippen LogP contribution >= 0.6 is 0 Å². The second-order valence-electron chi connectivity index (χ2n) is 16.7. The van der Waals surface area contributed by atoms with E-state index in [2.05, 4.69) is 150 Å². The van der Waals surface area contributed by atoms with Crippen molar-refractivity contribution in [1.29, 1.82) is 0 Å². The average Bonchev–Trinajstić information content (AvgIpc) is 4.06. The lowest BCUT2D eigenvalue weighted by molar-refractivity contribution is 0.666. The first kappa shape index (κ1) is 34.3. The highest BCUT2D eigenvalue weighted by atomic mass is 16.3. The van der Waals surface area contributed by atoms with Crippen molar-refractivity contribution >= 4 is 43.7 Å². The molecule has 0 fully saturated rings. The van der Waals surface area contributed by atoms with E-state index in [1.807, 2.05) is 60.7 Å². The van der Waals surface area contributed by atoms with Gasteiger partial charge >= 0.3 is 0 Å². The minimum absolute atomic E-state index is 0.417. The number of hydrogen-bond donors (Lipinski definition) is 0. The third-order valence-corrected chi connectivity index (χ3v) is 13.5. The molecule has 0 aliphatic heterocycles. The minimum Gasteiger partial charge on any atom is -0.456 e. The summed E-state index contributed by atoms with van der Waals surface area (Å²) in [6.45, 7) is 0. The Labute approximate surface area is 362 Å². The summed E-state index contributed by atoms with van der Waals surface area (Å²) in [5.41, 5.74) is 17.9. The second-order valence-corrected chi connectivity index (χ2v) is 16.7. The molecule has 3 aromatic heterocycles. The highest BCUT2D eigenvalue weighted by Gasteiger charge is 2.51. The van der Waals surface area contributed by atoms with Gasteiger partial charge in [-0.05, 0) is 98.1 Å². The Balaban J connectivity index is 0.927. The third kappa shape index (κ3) is 4.73. The Morgan fingerprint density at radius 1 is 0.333 bits per heavy atom. The van der Waals surface area contributed by atoms with Gasteiger partial charge in [0.1, 0.15) is 11.2 Å². The third-order valence-electron chi connectivity index (χ3n) is 13.5. The molecular weight excluding hydrogens is 769 g/mol. The first-order chi connectivity index (χ1) is 31.2. The van der Waals surface area contributed by atoms with Crippen LogP contribution in [0.3, 0.4) is 0 Å². The van der Waals surface area contributed by atoms with Gasteiger partial charge in [-0.1, -0.05) is 164 Å². The van der Waals surface area contributed by atoms with Crippen LogP contribution in [-0.2, 0) is 5.41 Å². The van der Waals surface area contributed by atoms with Crippen LogP contribution in [0.5, 0.6) is 0 Å². The Morgan fingerprint density at radius 3 is 1.52 bits per heavy atom. The molecule has 0 saturated carbocycles. The van der Waals surface area contributed by atoms with E-state index in [4.69, 9.17) is 19.4 Å². The van der Waals surface area contributed by atoms with Crippen molar-refractivity contribution < 1.29 is 4.42 Å². The van der Waals surface area contributed by atoms with Crippen molar-refractivity contribution in [3.63, 3.8) is 0 Å². The van der Waals surface area contributed by atoms with Crippen LogP contribution in [0, 0.1) is 0 Å². The van der Waals surface area contributed by atoms with Gasteiger partial charge in [-0.2, -0.15) is 9.97 Å². The maximum Gasteiger partial charge on any atom is 0.238 e. The molecule has 0 N–H and O–H groups in total. The molecule has 9 aromatic carbocycles. The van der Waals surface area contributed by atoms with Gasteiger partial charge in [-0.25, -0.2) is 4.98 Å². The van der Waals surface area contributed by atoms with E-state index in [1.54, 1.807) is 0 Å². The summed E-state index contributed by atoms with van der Waals surface area (Å²) in [5.74, 6) is 1.83. The first-order valence-electron chi connectivity index (χ1n) is 21.4. The zero-order chi connectivity index (χ0) is 41.2. The topological polar surface area (TPSA) is 56.7 Å². The molecule has 12 aromatic rings. The molecule has 0 radical (unpaired) electrons. The van der Waals surface area contributed by atoms with Gasteiger partial charge in [0.2, 0.25) is 5.95 Å². The maximum absolute atomic E-state index is 6.91. The molecule has 0 atom stereocenters. The summed E-state index contributed by atoms with van der Waals surface area (Å²) in [6, 6.07) is 73.6. The van der Waals surface area contributed by atoms with Gasteiger partial charge < -0.3 is 4.42 Å². The molecule has 63 heavy (non-hydrogen) atoms. The Bertz CT molecular complexity index is 3760. The lowest BCUT2D eigenvalue weighted by Crippen LogP contribution is -2.25. The van der Waals surface area contributed by atoms with Crippen LogP contribution in [0.1, 0.15) is 22.3 Å². The molecule has 14 rings (SSSR count). The predicted octanol–water partition coefficient (Wildman–Crippen LogP) is 14.2. The van der Waals surface area contributed by atoms with E-state index in [9.17, 15) is 0 Å². The van der Waals surface area contributed by atoms with E-state index in [1.165, 1.54) is 44.5 Å². The fourth-order valence-electron chi connectivity index (χ4n) is 10.8. The summed E-state index contributed by atoms with van der Waals surface area (Å²) in [6.07, 6.45) is 0. The predicted molar refractivity (Wildman–Crippen MR) is 254 cm³/mol. The standard InChI is InChI=1S/C58H34N4O/c1-3-15-35(16-4-1)55-59-56(36-17-5-2-6-18-36)61-57(60-55)62-51-26-14-10-22-42(51)45-31-37(28-30-52(45)62)38-27-29-43-46-33-44-41-21-9-13-25-49(41)58(50(44)34-54(46)63-53(43)32-38)47-23-11-7-19-39(47)40-20-8-12-24-48(40)58/h1-34H. The second kappa shape index (κ2) is 12.8. The first-order valence-corrected chi connectivity index (χ1v) is 21.4. The Kier molecular flexibility index (Phi) is 6.97. The molecule has 0 amide bonds. The molecule has 292 valence electrons. The van der Waals surface area contributed by atoms with Gasteiger partial charge in [-0.15, -0.1) is 0 Å². The van der Waals surface area contributed by atoms with Crippen LogP contribution in [0.25, 0.3) is 106 Å². The quantitative estimate of drug-likeness (QED) is 0.178. The van der Waals surface area contributed by atoms with Crippen LogP contribution in [0.4, 0.5) is 0 Å². The van der Waals surface area contributed by atoms with Crippen molar-refractivity contribution in [2.75, 3.05) is 0 Å². The Morgan fingerprint density at radius 2 is 0.857 bits per heavy atom. The maximum atomic E-state index is 6.91. The van der Waals surface area contributed by atoms with E-state index in [0.29, 0.717) is 17.6 Å². The number of rotatable bonds is 4. The van der Waals surface area contributed by atoms with Gasteiger partial charge in [0, 0.05) is 32.7 Å².